The van der Waals surface area contributed by atoms with E-state index in [1.807, 2.05) is 12.1 Å². The number of hydrogen-bond donors (Lipinski definition) is 1. The SMILES string of the molecule is COc1cc(CNc2nnnn2C)cc(Br)c1OCc1c(Cl)cccc1Cl. The quantitative estimate of drug-likeness (QED) is 0.546. The lowest BCUT2D eigenvalue weighted by Gasteiger charge is -2.16. The highest BCUT2D eigenvalue weighted by atomic mass is 79.9. The molecular formula is C17H16BrCl2N5O2. The molecule has 0 unspecified atom stereocenters. The van der Waals surface area contributed by atoms with Crippen LogP contribution in [0.1, 0.15) is 11.1 Å². The number of hydrogen-bond acceptors (Lipinski definition) is 6. The van der Waals surface area contributed by atoms with E-state index in [-0.39, 0.29) is 6.61 Å². The van der Waals surface area contributed by atoms with Gasteiger partial charge in [-0.1, -0.05) is 34.4 Å². The third-order valence-electron chi connectivity index (χ3n) is 3.78. The van der Waals surface area contributed by atoms with Crippen LogP contribution in [0.25, 0.3) is 0 Å². The van der Waals surface area contributed by atoms with Crippen LogP contribution in [0.3, 0.4) is 0 Å². The third-order valence-corrected chi connectivity index (χ3v) is 5.08. The smallest absolute Gasteiger partial charge is 0.242 e. The van der Waals surface area contributed by atoms with Crippen LogP contribution in [0.2, 0.25) is 10.0 Å². The molecule has 142 valence electrons. The second kappa shape index (κ2) is 8.77. The second-order valence-corrected chi connectivity index (χ2v) is 7.25. The zero-order valence-corrected chi connectivity index (χ0v) is 17.6. The fraction of sp³-hybridized carbons (Fsp3) is 0.235. The molecule has 0 saturated carbocycles. The lowest BCUT2D eigenvalue weighted by molar-refractivity contribution is 0.282. The van der Waals surface area contributed by atoms with E-state index in [2.05, 4.69) is 36.8 Å². The lowest BCUT2D eigenvalue weighted by Crippen LogP contribution is -2.06. The molecule has 27 heavy (non-hydrogen) atoms. The zero-order valence-electron chi connectivity index (χ0n) is 14.5. The van der Waals surface area contributed by atoms with Crippen LogP contribution in [-0.4, -0.2) is 27.3 Å². The van der Waals surface area contributed by atoms with Crippen LogP contribution in [0.15, 0.2) is 34.8 Å². The Hall–Kier alpha value is -2.03. The minimum Gasteiger partial charge on any atom is -0.493 e. The number of tetrazole rings is 1. The normalized spacial score (nSPS) is 10.7. The van der Waals surface area contributed by atoms with Crippen LogP contribution in [0, 0.1) is 0 Å². The molecule has 10 heteroatoms. The maximum absolute atomic E-state index is 6.20. The summed E-state index contributed by atoms with van der Waals surface area (Å²) < 4.78 is 13.7. The maximum Gasteiger partial charge on any atom is 0.242 e. The van der Waals surface area contributed by atoms with E-state index in [0.29, 0.717) is 34.0 Å². The molecule has 0 fully saturated rings. The van der Waals surface area contributed by atoms with E-state index < -0.39 is 0 Å². The number of nitrogens with zero attached hydrogens (tertiary/aromatic N) is 4. The van der Waals surface area contributed by atoms with Crippen LogP contribution >= 0.6 is 39.1 Å². The first kappa shape index (κ1) is 19.7. The van der Waals surface area contributed by atoms with Crippen molar-refractivity contribution in [2.75, 3.05) is 12.4 Å². The molecular weight excluding hydrogens is 457 g/mol. The van der Waals surface area contributed by atoms with Gasteiger partial charge in [-0.3, -0.25) is 0 Å². The van der Waals surface area contributed by atoms with Crippen molar-refractivity contribution in [3.05, 3.63) is 56.0 Å². The van der Waals surface area contributed by atoms with Crippen LogP contribution in [0.5, 0.6) is 11.5 Å². The lowest BCUT2D eigenvalue weighted by atomic mass is 10.2. The Bertz CT molecular complexity index is 931. The molecule has 0 bridgehead atoms. The molecule has 0 aliphatic heterocycles. The van der Waals surface area contributed by atoms with Crippen molar-refractivity contribution in [3.8, 4) is 11.5 Å². The summed E-state index contributed by atoms with van der Waals surface area (Å²) in [5.41, 5.74) is 1.68. The molecule has 0 aliphatic rings. The molecule has 0 aliphatic carbocycles. The first-order chi connectivity index (χ1) is 13.0. The van der Waals surface area contributed by atoms with Crippen molar-refractivity contribution < 1.29 is 9.47 Å². The van der Waals surface area contributed by atoms with Crippen molar-refractivity contribution in [2.24, 2.45) is 7.05 Å². The molecule has 2 aromatic carbocycles. The predicted molar refractivity (Wildman–Crippen MR) is 108 cm³/mol. The average Bonchev–Trinajstić information content (AvgIpc) is 3.05. The Morgan fingerprint density at radius 1 is 1.22 bits per heavy atom. The van der Waals surface area contributed by atoms with Crippen molar-refractivity contribution in [1.82, 2.24) is 20.2 Å². The summed E-state index contributed by atoms with van der Waals surface area (Å²) in [5, 5.41) is 15.5. The standard InChI is InChI=1S/C17H16BrCl2N5O2/c1-25-17(22-23-24-25)21-8-10-6-12(18)16(15(7-10)26-2)27-9-11-13(19)4-3-5-14(11)20/h3-7H,8-9H2,1-2H3,(H,21,22,24). The van der Waals surface area contributed by atoms with Crippen molar-refractivity contribution in [2.45, 2.75) is 13.2 Å². The number of anilines is 1. The fourth-order valence-corrected chi connectivity index (χ4v) is 3.50. The highest BCUT2D eigenvalue weighted by Gasteiger charge is 2.14. The molecule has 7 nitrogen and oxygen atoms in total. The molecule has 3 aromatic rings. The summed E-state index contributed by atoms with van der Waals surface area (Å²) in [4.78, 5) is 0. The largest absolute Gasteiger partial charge is 0.493 e. The summed E-state index contributed by atoms with van der Waals surface area (Å²) in [7, 11) is 3.34. The van der Waals surface area contributed by atoms with Crippen LogP contribution in [0.4, 0.5) is 5.95 Å². The maximum atomic E-state index is 6.20. The van der Waals surface area contributed by atoms with Gasteiger partial charge in [0.15, 0.2) is 11.5 Å². The number of halogens is 3. The number of aryl methyl sites for hydroxylation is 1. The predicted octanol–water partition coefficient (Wildman–Crippen LogP) is 4.48. The fourth-order valence-electron chi connectivity index (χ4n) is 2.39. The van der Waals surface area contributed by atoms with Crippen LogP contribution in [-0.2, 0) is 20.2 Å². The Kier molecular flexibility index (Phi) is 6.41. The first-order valence-electron chi connectivity index (χ1n) is 7.88. The van der Waals surface area contributed by atoms with Gasteiger partial charge in [-0.25, -0.2) is 4.68 Å². The topological polar surface area (TPSA) is 74.1 Å². The van der Waals surface area contributed by atoms with Gasteiger partial charge < -0.3 is 14.8 Å². The first-order valence-corrected chi connectivity index (χ1v) is 9.42. The van der Waals surface area contributed by atoms with Gasteiger partial charge in [-0.15, -0.1) is 0 Å². The molecule has 0 saturated heterocycles. The van der Waals surface area contributed by atoms with E-state index in [1.54, 1.807) is 37.0 Å². The molecule has 0 atom stereocenters. The third kappa shape index (κ3) is 4.63. The molecule has 3 rings (SSSR count). The monoisotopic (exact) mass is 471 g/mol. The Morgan fingerprint density at radius 3 is 2.59 bits per heavy atom. The number of benzene rings is 2. The van der Waals surface area contributed by atoms with Crippen molar-refractivity contribution >= 4 is 45.1 Å². The molecule has 1 heterocycles. The molecule has 1 aromatic heterocycles. The van der Waals surface area contributed by atoms with Crippen LogP contribution < -0.4 is 14.8 Å². The van der Waals surface area contributed by atoms with Gasteiger partial charge in [0, 0.05) is 29.2 Å². The highest BCUT2D eigenvalue weighted by Crippen LogP contribution is 2.38. The van der Waals surface area contributed by atoms with Gasteiger partial charge in [-0.05, 0) is 56.2 Å². The van der Waals surface area contributed by atoms with Gasteiger partial charge in [0.2, 0.25) is 5.95 Å². The van der Waals surface area contributed by atoms with Gasteiger partial charge >= 0.3 is 0 Å². The van der Waals surface area contributed by atoms with E-state index in [1.165, 1.54) is 0 Å². The summed E-state index contributed by atoms with van der Waals surface area (Å²) in [5.74, 6) is 1.72. The van der Waals surface area contributed by atoms with Gasteiger partial charge in [0.1, 0.15) is 6.61 Å². The number of aromatic nitrogens is 4. The average molecular weight is 473 g/mol. The Morgan fingerprint density at radius 2 is 1.96 bits per heavy atom. The van der Waals surface area contributed by atoms with E-state index >= 15 is 0 Å². The van der Waals surface area contributed by atoms with Crippen molar-refractivity contribution in [3.63, 3.8) is 0 Å². The van der Waals surface area contributed by atoms with E-state index in [4.69, 9.17) is 32.7 Å². The molecule has 0 radical (unpaired) electrons. The van der Waals surface area contributed by atoms with Gasteiger partial charge in [-0.2, -0.15) is 0 Å². The Labute approximate surface area is 174 Å². The summed E-state index contributed by atoms with van der Waals surface area (Å²) >= 11 is 15.9. The number of ether oxygens (including phenoxy) is 2. The number of rotatable bonds is 7. The Balaban J connectivity index is 1.77. The molecule has 0 spiro atoms. The van der Waals surface area contributed by atoms with E-state index in [9.17, 15) is 0 Å². The summed E-state index contributed by atoms with van der Waals surface area (Å²) in [6.45, 7) is 0.732. The van der Waals surface area contributed by atoms with Crippen molar-refractivity contribution in [1.29, 1.82) is 0 Å². The highest BCUT2D eigenvalue weighted by molar-refractivity contribution is 9.10. The zero-order chi connectivity index (χ0) is 19.4. The van der Waals surface area contributed by atoms with Gasteiger partial charge in [0.25, 0.3) is 0 Å². The van der Waals surface area contributed by atoms with E-state index in [0.717, 1.165) is 15.6 Å². The van der Waals surface area contributed by atoms with Gasteiger partial charge in [0.05, 0.1) is 11.6 Å². The number of methoxy groups -OCH3 is 1. The number of nitrogens with one attached hydrogen (secondary N) is 1. The minimum absolute atomic E-state index is 0.218. The minimum atomic E-state index is 0.218. The second-order valence-electron chi connectivity index (χ2n) is 5.58. The molecule has 1 N–H and O–H groups in total. The molecule has 0 amide bonds. The summed E-state index contributed by atoms with van der Waals surface area (Å²) in [6, 6.07) is 9.15. The summed E-state index contributed by atoms with van der Waals surface area (Å²) in [6.07, 6.45) is 0.